The number of ether oxygens (including phenoxy) is 3. The minimum atomic E-state index is -0.352. The van der Waals surface area contributed by atoms with Gasteiger partial charge in [0.1, 0.15) is 16.4 Å². The second-order valence-electron chi connectivity index (χ2n) is 5.64. The van der Waals surface area contributed by atoms with Crippen LogP contribution in [0.4, 0.5) is 0 Å². The van der Waals surface area contributed by atoms with Gasteiger partial charge in [0.15, 0.2) is 0 Å². The van der Waals surface area contributed by atoms with Crippen LogP contribution in [0, 0.1) is 5.92 Å². The van der Waals surface area contributed by atoms with Gasteiger partial charge in [-0.15, -0.1) is 11.3 Å². The van der Waals surface area contributed by atoms with E-state index < -0.39 is 0 Å². The lowest BCUT2D eigenvalue weighted by Gasteiger charge is -2.14. The molecule has 0 radical (unpaired) electrons. The molecular weight excluding hydrogens is 314 g/mol. The Morgan fingerprint density at radius 1 is 1.22 bits per heavy atom. The molecule has 0 atom stereocenters. The van der Waals surface area contributed by atoms with Crippen LogP contribution in [0.25, 0.3) is 10.1 Å². The number of thiophene rings is 1. The van der Waals surface area contributed by atoms with Crippen LogP contribution >= 0.6 is 11.3 Å². The molecule has 0 fully saturated rings. The Labute approximate surface area is 140 Å². The number of rotatable bonds is 7. The van der Waals surface area contributed by atoms with E-state index in [1.54, 1.807) is 20.3 Å². The summed E-state index contributed by atoms with van der Waals surface area (Å²) in [5.41, 5.74) is 1.01. The molecular formula is C17H23NO4S. The van der Waals surface area contributed by atoms with Gasteiger partial charge in [-0.3, -0.25) is 0 Å². The number of carbonyl (C=O) groups is 1. The van der Waals surface area contributed by atoms with Crippen molar-refractivity contribution in [2.45, 2.75) is 20.4 Å². The second kappa shape index (κ2) is 7.66. The van der Waals surface area contributed by atoms with Gasteiger partial charge in [0.25, 0.3) is 0 Å². The molecule has 5 nitrogen and oxygen atoms in total. The molecule has 0 spiro atoms. The highest BCUT2D eigenvalue weighted by atomic mass is 32.1. The zero-order valence-corrected chi connectivity index (χ0v) is 15.0. The summed E-state index contributed by atoms with van der Waals surface area (Å²) in [6, 6.07) is 3.77. The molecule has 0 saturated carbocycles. The minimum Gasteiger partial charge on any atom is -0.496 e. The molecule has 0 aliphatic heterocycles. The van der Waals surface area contributed by atoms with Crippen LogP contribution in [0.1, 0.15) is 29.1 Å². The SMILES string of the molecule is COC(=O)c1cc2c(OC)c(CNCC(C)C)cc(OC)c2s1. The van der Waals surface area contributed by atoms with Crippen molar-refractivity contribution in [1.29, 1.82) is 0 Å². The van der Waals surface area contributed by atoms with E-state index in [-0.39, 0.29) is 5.97 Å². The van der Waals surface area contributed by atoms with E-state index >= 15 is 0 Å². The first-order valence-electron chi connectivity index (χ1n) is 7.48. The van der Waals surface area contributed by atoms with Crippen LogP contribution in [0.15, 0.2) is 12.1 Å². The van der Waals surface area contributed by atoms with E-state index in [2.05, 4.69) is 19.2 Å². The van der Waals surface area contributed by atoms with Gasteiger partial charge in [-0.05, 0) is 24.6 Å². The first kappa shape index (κ1) is 17.6. The maximum Gasteiger partial charge on any atom is 0.348 e. The Morgan fingerprint density at radius 3 is 2.52 bits per heavy atom. The number of hydrogen-bond donors (Lipinski definition) is 1. The largest absolute Gasteiger partial charge is 0.496 e. The molecule has 1 aromatic carbocycles. The Bertz CT molecular complexity index is 693. The number of hydrogen-bond acceptors (Lipinski definition) is 6. The normalized spacial score (nSPS) is 11.0. The Kier molecular flexibility index (Phi) is 5.85. The lowest BCUT2D eigenvalue weighted by molar-refractivity contribution is 0.0606. The molecule has 0 amide bonds. The number of nitrogens with one attached hydrogen (secondary N) is 1. The van der Waals surface area contributed by atoms with E-state index in [0.29, 0.717) is 17.3 Å². The summed E-state index contributed by atoms with van der Waals surface area (Å²) >= 11 is 1.35. The summed E-state index contributed by atoms with van der Waals surface area (Å²) in [6.07, 6.45) is 0. The highest BCUT2D eigenvalue weighted by molar-refractivity contribution is 7.21. The van der Waals surface area contributed by atoms with Crippen LogP contribution in [0.2, 0.25) is 0 Å². The van der Waals surface area contributed by atoms with Gasteiger partial charge >= 0.3 is 5.97 Å². The number of fused-ring (bicyclic) bond motifs is 1. The molecule has 0 bridgehead atoms. The van der Waals surface area contributed by atoms with Crippen molar-refractivity contribution in [3.8, 4) is 11.5 Å². The van der Waals surface area contributed by atoms with Crippen molar-refractivity contribution in [3.05, 3.63) is 22.6 Å². The Morgan fingerprint density at radius 2 is 1.96 bits per heavy atom. The van der Waals surface area contributed by atoms with Crippen LogP contribution in [0.3, 0.4) is 0 Å². The highest BCUT2D eigenvalue weighted by Gasteiger charge is 2.19. The van der Waals surface area contributed by atoms with Crippen molar-refractivity contribution >= 4 is 27.4 Å². The van der Waals surface area contributed by atoms with E-state index in [9.17, 15) is 4.79 Å². The third-order valence-corrected chi connectivity index (χ3v) is 4.61. The summed E-state index contributed by atoms with van der Waals surface area (Å²) in [5.74, 6) is 1.72. The number of carbonyl (C=O) groups excluding carboxylic acids is 1. The second-order valence-corrected chi connectivity index (χ2v) is 6.69. The lowest BCUT2D eigenvalue weighted by atomic mass is 10.1. The zero-order valence-electron chi connectivity index (χ0n) is 14.2. The molecule has 126 valence electrons. The van der Waals surface area contributed by atoms with E-state index in [4.69, 9.17) is 14.2 Å². The van der Waals surface area contributed by atoms with Crippen LogP contribution in [0.5, 0.6) is 11.5 Å². The van der Waals surface area contributed by atoms with Crippen LogP contribution in [-0.2, 0) is 11.3 Å². The number of esters is 1. The molecule has 2 aromatic rings. The van der Waals surface area contributed by atoms with Gasteiger partial charge < -0.3 is 19.5 Å². The summed E-state index contributed by atoms with van der Waals surface area (Å²) < 4.78 is 16.8. The summed E-state index contributed by atoms with van der Waals surface area (Å²) in [4.78, 5) is 12.3. The van der Waals surface area contributed by atoms with E-state index in [0.717, 1.165) is 33.7 Å². The van der Waals surface area contributed by atoms with Gasteiger partial charge in [-0.2, -0.15) is 0 Å². The van der Waals surface area contributed by atoms with Crippen molar-refractivity contribution in [2.24, 2.45) is 5.92 Å². The number of benzene rings is 1. The predicted octanol–water partition coefficient (Wildman–Crippen LogP) is 3.45. The first-order valence-corrected chi connectivity index (χ1v) is 8.29. The molecule has 0 aliphatic carbocycles. The van der Waals surface area contributed by atoms with Crippen molar-refractivity contribution in [1.82, 2.24) is 5.32 Å². The third kappa shape index (κ3) is 3.76. The highest BCUT2D eigenvalue weighted by Crippen LogP contribution is 2.42. The van der Waals surface area contributed by atoms with Crippen LogP contribution in [-0.4, -0.2) is 33.8 Å². The van der Waals surface area contributed by atoms with Gasteiger partial charge in [-0.25, -0.2) is 4.79 Å². The summed E-state index contributed by atoms with van der Waals surface area (Å²) in [7, 11) is 4.65. The first-order chi connectivity index (χ1) is 11.0. The molecule has 1 heterocycles. The molecule has 1 N–H and O–H groups in total. The average Bonchev–Trinajstić information content (AvgIpc) is 2.97. The number of methoxy groups -OCH3 is 3. The van der Waals surface area contributed by atoms with Crippen molar-refractivity contribution < 1.29 is 19.0 Å². The van der Waals surface area contributed by atoms with E-state index in [1.165, 1.54) is 18.4 Å². The maximum absolute atomic E-state index is 11.8. The topological polar surface area (TPSA) is 56.8 Å². The fourth-order valence-electron chi connectivity index (χ4n) is 2.43. The van der Waals surface area contributed by atoms with Gasteiger partial charge in [-0.1, -0.05) is 13.8 Å². The summed E-state index contributed by atoms with van der Waals surface area (Å²) in [6.45, 7) is 5.92. The molecule has 23 heavy (non-hydrogen) atoms. The van der Waals surface area contributed by atoms with E-state index in [1.807, 2.05) is 6.07 Å². The Balaban J connectivity index is 2.49. The maximum atomic E-state index is 11.8. The fourth-order valence-corrected chi connectivity index (χ4v) is 3.49. The van der Waals surface area contributed by atoms with Gasteiger partial charge in [0.05, 0.1) is 26.0 Å². The zero-order chi connectivity index (χ0) is 17.0. The smallest absolute Gasteiger partial charge is 0.348 e. The minimum absolute atomic E-state index is 0.352. The molecule has 0 saturated heterocycles. The molecule has 0 unspecified atom stereocenters. The van der Waals surface area contributed by atoms with Gasteiger partial charge in [0.2, 0.25) is 0 Å². The summed E-state index contributed by atoms with van der Waals surface area (Å²) in [5, 5.41) is 4.28. The Hall–Kier alpha value is -1.79. The van der Waals surface area contributed by atoms with Crippen molar-refractivity contribution in [3.63, 3.8) is 0 Å². The molecule has 1 aromatic heterocycles. The molecule has 6 heteroatoms. The van der Waals surface area contributed by atoms with Crippen LogP contribution < -0.4 is 14.8 Å². The quantitative estimate of drug-likeness (QED) is 0.784. The predicted molar refractivity (Wildman–Crippen MR) is 92.8 cm³/mol. The third-order valence-electron chi connectivity index (χ3n) is 3.48. The average molecular weight is 337 g/mol. The fraction of sp³-hybridized carbons (Fsp3) is 0.471. The monoisotopic (exact) mass is 337 g/mol. The molecule has 0 aliphatic rings. The van der Waals surface area contributed by atoms with Gasteiger partial charge in [0, 0.05) is 17.5 Å². The molecule has 2 rings (SSSR count). The lowest BCUT2D eigenvalue weighted by Crippen LogP contribution is -2.19. The standard InChI is InChI=1S/C17H23NO4S/c1-10(2)8-18-9-11-6-13(20-3)16-12(15(11)21-4)7-14(23-16)17(19)22-5/h6-7,10,18H,8-9H2,1-5H3. The van der Waals surface area contributed by atoms with Crippen molar-refractivity contribution in [2.75, 3.05) is 27.9 Å².